The van der Waals surface area contributed by atoms with Crippen molar-refractivity contribution in [2.45, 2.75) is 57.4 Å². The molecule has 2 amide bonds. The number of hydrogen-bond acceptors (Lipinski definition) is 3. The van der Waals surface area contributed by atoms with E-state index < -0.39 is 65.5 Å². The summed E-state index contributed by atoms with van der Waals surface area (Å²) in [6.45, 7) is 2.21. The lowest BCUT2D eigenvalue weighted by molar-refractivity contribution is -0.143. The molecule has 208 valence electrons. The quantitative estimate of drug-likeness (QED) is 0.289. The molecule has 14 heteroatoms. The van der Waals surface area contributed by atoms with Gasteiger partial charge in [0.2, 0.25) is 6.41 Å². The molecule has 0 fully saturated rings. The number of ether oxygens (including phenoxy) is 1. The summed E-state index contributed by atoms with van der Waals surface area (Å²) in [6, 6.07) is 1.26. The summed E-state index contributed by atoms with van der Waals surface area (Å²) in [6.07, 6.45) is -16.0. The molecule has 2 aromatic carbocycles. The van der Waals surface area contributed by atoms with Crippen molar-refractivity contribution >= 4 is 18.2 Å². The Hall–Kier alpha value is -3.45. The van der Waals surface area contributed by atoms with E-state index >= 15 is 0 Å². The third-order valence-electron chi connectivity index (χ3n) is 5.99. The molecule has 2 aromatic rings. The number of rotatable bonds is 5. The predicted octanol–water partition coefficient (Wildman–Crippen LogP) is 7.20. The summed E-state index contributed by atoms with van der Waals surface area (Å²) in [4.78, 5) is 26.5. The molecular formula is C24H21F9N2O3. The number of hydrogen-bond donors (Lipinski definition) is 0. The monoisotopic (exact) mass is 556 g/mol. The van der Waals surface area contributed by atoms with Crippen molar-refractivity contribution in [2.75, 3.05) is 11.5 Å². The van der Waals surface area contributed by atoms with E-state index in [0.29, 0.717) is 24.3 Å². The number of nitrogens with zero attached hydrogens (tertiary/aromatic N) is 2. The Balaban J connectivity index is 2.12. The van der Waals surface area contributed by atoms with Gasteiger partial charge in [0.1, 0.15) is 0 Å². The highest BCUT2D eigenvalue weighted by Gasteiger charge is 2.41. The smallest absolute Gasteiger partial charge is 0.416 e. The summed E-state index contributed by atoms with van der Waals surface area (Å²) in [5.41, 5.74) is -5.05. The number of halogens is 9. The first-order valence-electron chi connectivity index (χ1n) is 11.1. The molecule has 0 aliphatic carbocycles. The van der Waals surface area contributed by atoms with Crippen LogP contribution < -0.4 is 4.90 Å². The van der Waals surface area contributed by atoms with Crippen LogP contribution in [-0.2, 0) is 34.6 Å². The average molecular weight is 556 g/mol. The van der Waals surface area contributed by atoms with E-state index in [-0.39, 0.29) is 36.8 Å². The van der Waals surface area contributed by atoms with Gasteiger partial charge >= 0.3 is 24.6 Å². The second kappa shape index (κ2) is 10.4. The standard InChI is InChI=1S/C24H21F9N2O3/c1-3-38-21(37)35-13(2)6-20(18-10-15(22(25,26)27)4-5-19(18)35)34(12-36)11-14-7-16(23(28,29)30)9-17(8-14)24(31,32)33/h4-5,7-10,12-13,20H,3,6,11H2,1-2H3/t13-,20+/m0/s1. The van der Waals surface area contributed by atoms with Gasteiger partial charge in [0.05, 0.1) is 35.0 Å². The van der Waals surface area contributed by atoms with Crippen LogP contribution in [0.2, 0.25) is 0 Å². The third-order valence-corrected chi connectivity index (χ3v) is 5.99. The molecule has 0 aromatic heterocycles. The number of carbonyl (C=O) groups is 2. The number of amides is 2. The Morgan fingerprint density at radius 3 is 1.97 bits per heavy atom. The van der Waals surface area contributed by atoms with E-state index in [9.17, 15) is 49.1 Å². The van der Waals surface area contributed by atoms with Gasteiger partial charge in [-0.1, -0.05) is 0 Å². The molecule has 0 saturated heterocycles. The molecule has 3 rings (SSSR count). The number of alkyl halides is 9. The van der Waals surface area contributed by atoms with E-state index in [1.807, 2.05) is 0 Å². The van der Waals surface area contributed by atoms with Crippen LogP contribution in [0.1, 0.15) is 54.1 Å². The first kappa shape index (κ1) is 29.1. The van der Waals surface area contributed by atoms with E-state index in [0.717, 1.165) is 15.9 Å². The minimum absolute atomic E-state index is 0.0351. The Morgan fingerprint density at radius 1 is 0.947 bits per heavy atom. The molecule has 2 atom stereocenters. The molecule has 1 aliphatic rings. The van der Waals surface area contributed by atoms with Crippen LogP contribution in [-0.4, -0.2) is 30.1 Å². The van der Waals surface area contributed by atoms with Crippen LogP contribution in [0.3, 0.4) is 0 Å². The number of benzene rings is 2. The molecule has 0 bridgehead atoms. The Morgan fingerprint density at radius 2 is 1.50 bits per heavy atom. The largest absolute Gasteiger partial charge is 0.449 e. The normalized spacial score (nSPS) is 18.1. The first-order chi connectivity index (χ1) is 17.5. The SMILES string of the molecule is CCOC(=O)N1c2ccc(C(F)(F)F)cc2[C@H](N(C=O)Cc2cc(C(F)(F)F)cc(C(F)(F)F)c2)C[C@@H]1C. The molecule has 0 N–H and O–H groups in total. The van der Waals surface area contributed by atoms with Crippen LogP contribution in [0.15, 0.2) is 36.4 Å². The topological polar surface area (TPSA) is 49.9 Å². The van der Waals surface area contributed by atoms with E-state index in [1.165, 1.54) is 13.8 Å². The molecule has 0 spiro atoms. The maximum Gasteiger partial charge on any atom is 0.416 e. The summed E-state index contributed by atoms with van der Waals surface area (Å²) >= 11 is 0. The lowest BCUT2D eigenvalue weighted by Gasteiger charge is -2.42. The highest BCUT2D eigenvalue weighted by Crippen LogP contribution is 2.44. The van der Waals surface area contributed by atoms with Gasteiger partial charge in [-0.2, -0.15) is 39.5 Å². The lowest BCUT2D eigenvalue weighted by atomic mass is 9.89. The van der Waals surface area contributed by atoms with Crippen LogP contribution in [0.4, 0.5) is 50.0 Å². The van der Waals surface area contributed by atoms with Gasteiger partial charge in [-0.25, -0.2) is 4.79 Å². The number of fused-ring (bicyclic) bond motifs is 1. The molecule has 0 radical (unpaired) electrons. The van der Waals surface area contributed by atoms with Crippen LogP contribution in [0, 0.1) is 0 Å². The summed E-state index contributed by atoms with van der Waals surface area (Å²) < 4.78 is 125. The van der Waals surface area contributed by atoms with Crippen LogP contribution in [0.25, 0.3) is 0 Å². The zero-order valence-electron chi connectivity index (χ0n) is 19.8. The fraction of sp³-hybridized carbons (Fsp3) is 0.417. The van der Waals surface area contributed by atoms with Gasteiger partial charge < -0.3 is 9.64 Å². The van der Waals surface area contributed by atoms with Gasteiger partial charge in [-0.3, -0.25) is 9.69 Å². The van der Waals surface area contributed by atoms with E-state index in [2.05, 4.69) is 0 Å². The molecular weight excluding hydrogens is 535 g/mol. The highest BCUT2D eigenvalue weighted by molar-refractivity contribution is 5.90. The third kappa shape index (κ3) is 6.16. The first-order valence-corrected chi connectivity index (χ1v) is 11.1. The fourth-order valence-corrected chi connectivity index (χ4v) is 4.34. The summed E-state index contributed by atoms with van der Waals surface area (Å²) in [5, 5.41) is 0. The van der Waals surface area contributed by atoms with Crippen molar-refractivity contribution < 1.29 is 53.8 Å². The number of carbonyl (C=O) groups excluding carboxylic acids is 2. The van der Waals surface area contributed by atoms with Crippen LogP contribution in [0.5, 0.6) is 0 Å². The highest BCUT2D eigenvalue weighted by atomic mass is 19.4. The van der Waals surface area contributed by atoms with Gasteiger partial charge in [-0.05, 0) is 67.8 Å². The maximum atomic E-state index is 13.5. The minimum Gasteiger partial charge on any atom is -0.449 e. The van der Waals surface area contributed by atoms with Crippen molar-refractivity contribution in [2.24, 2.45) is 0 Å². The van der Waals surface area contributed by atoms with E-state index in [1.54, 1.807) is 0 Å². The second-order valence-corrected chi connectivity index (χ2v) is 8.63. The van der Waals surface area contributed by atoms with Crippen molar-refractivity contribution in [1.29, 1.82) is 0 Å². The summed E-state index contributed by atoms with van der Waals surface area (Å²) in [5.74, 6) is 0. The molecule has 0 unspecified atom stereocenters. The average Bonchev–Trinajstić information content (AvgIpc) is 2.80. The van der Waals surface area contributed by atoms with Gasteiger partial charge in [0, 0.05) is 12.6 Å². The van der Waals surface area contributed by atoms with Crippen molar-refractivity contribution in [3.8, 4) is 0 Å². The van der Waals surface area contributed by atoms with Crippen molar-refractivity contribution in [3.63, 3.8) is 0 Å². The molecule has 0 saturated carbocycles. The van der Waals surface area contributed by atoms with Crippen LogP contribution >= 0.6 is 0 Å². The fourth-order valence-electron chi connectivity index (χ4n) is 4.34. The van der Waals surface area contributed by atoms with Gasteiger partial charge in [0.25, 0.3) is 0 Å². The Labute approximate surface area is 210 Å². The minimum atomic E-state index is -5.13. The lowest BCUT2D eigenvalue weighted by Crippen LogP contribution is -2.46. The maximum absolute atomic E-state index is 13.5. The van der Waals surface area contributed by atoms with E-state index in [4.69, 9.17) is 4.74 Å². The molecule has 1 heterocycles. The Kier molecular flexibility index (Phi) is 7.94. The van der Waals surface area contributed by atoms with Crippen molar-refractivity contribution in [3.05, 3.63) is 64.2 Å². The molecule has 38 heavy (non-hydrogen) atoms. The van der Waals surface area contributed by atoms with Gasteiger partial charge in [0.15, 0.2) is 0 Å². The van der Waals surface area contributed by atoms with Crippen molar-refractivity contribution in [1.82, 2.24) is 4.90 Å². The number of anilines is 1. The zero-order valence-corrected chi connectivity index (χ0v) is 19.8. The summed E-state index contributed by atoms with van der Waals surface area (Å²) in [7, 11) is 0. The zero-order chi connectivity index (χ0) is 28.6. The second-order valence-electron chi connectivity index (χ2n) is 8.63. The molecule has 1 aliphatic heterocycles. The molecule has 5 nitrogen and oxygen atoms in total. The van der Waals surface area contributed by atoms with Gasteiger partial charge in [-0.15, -0.1) is 0 Å². The Bertz CT molecular complexity index is 1160. The predicted molar refractivity (Wildman–Crippen MR) is 116 cm³/mol.